The van der Waals surface area contributed by atoms with Gasteiger partial charge in [0, 0.05) is 19.3 Å². The van der Waals surface area contributed by atoms with Crippen LogP contribution in [0.5, 0.6) is 0 Å². The molecule has 4 rings (SSSR count). The molecule has 0 aliphatic carbocycles. The van der Waals surface area contributed by atoms with Crippen LogP contribution in [0.4, 0.5) is 4.79 Å². The lowest BCUT2D eigenvalue weighted by Gasteiger charge is -2.15. The second-order valence-electron chi connectivity index (χ2n) is 7.16. The predicted molar refractivity (Wildman–Crippen MR) is 116 cm³/mol. The maximum Gasteiger partial charge on any atom is 0.408 e. The number of aromatic nitrogens is 6. The quantitative estimate of drug-likeness (QED) is 0.342. The molecular formula is C21H22N8O4. The van der Waals surface area contributed by atoms with Crippen LogP contribution < -0.4 is 11.1 Å². The number of carbonyl (C=O) groups is 2. The van der Waals surface area contributed by atoms with E-state index in [2.05, 4.69) is 25.3 Å². The smallest absolute Gasteiger partial charge is 0.408 e. The topological polar surface area (TPSA) is 163 Å². The summed E-state index contributed by atoms with van der Waals surface area (Å²) in [5, 5.41) is 11.9. The normalized spacial score (nSPS) is 11.9. The lowest BCUT2D eigenvalue weighted by Crippen LogP contribution is -2.31. The predicted octanol–water partition coefficient (Wildman–Crippen LogP) is 1.41. The molecule has 4 N–H and O–H groups in total. The molecule has 0 radical (unpaired) electrons. The summed E-state index contributed by atoms with van der Waals surface area (Å²) in [5.74, 6) is -0.627. The van der Waals surface area contributed by atoms with Gasteiger partial charge in [0.15, 0.2) is 17.0 Å². The number of carboxylic acids is 1. The van der Waals surface area contributed by atoms with Crippen molar-refractivity contribution < 1.29 is 19.4 Å². The second-order valence-corrected chi connectivity index (χ2v) is 7.16. The number of rotatable bonds is 9. The minimum Gasteiger partial charge on any atom is -0.481 e. The Bertz CT molecular complexity index is 1250. The Hall–Kier alpha value is -4.32. The number of fused-ring (bicyclic) bond motifs is 1. The second kappa shape index (κ2) is 9.87. The maximum atomic E-state index is 12.3. The van der Waals surface area contributed by atoms with Crippen LogP contribution in [0.2, 0.25) is 0 Å². The Balaban J connectivity index is 1.53. The number of nitrogens with two attached hydrogens (primary N) is 1. The Morgan fingerprint density at radius 2 is 1.94 bits per heavy atom. The van der Waals surface area contributed by atoms with Crippen molar-refractivity contribution in [3.63, 3.8) is 0 Å². The zero-order chi connectivity index (χ0) is 23.2. The first-order valence-corrected chi connectivity index (χ1v) is 10.1. The van der Waals surface area contributed by atoms with Crippen LogP contribution in [0.25, 0.3) is 17.0 Å². The SMILES string of the molecule is NCCn1cnc2c(-n3cnc(C(CC(=O)O)NC(=O)OCc4ccccc4)c3)ncnc21. The number of benzene rings is 1. The van der Waals surface area contributed by atoms with Gasteiger partial charge in [-0.1, -0.05) is 30.3 Å². The van der Waals surface area contributed by atoms with Crippen LogP contribution in [-0.2, 0) is 22.7 Å². The van der Waals surface area contributed by atoms with Crippen molar-refractivity contribution in [1.29, 1.82) is 0 Å². The number of imidazole rings is 2. The van der Waals surface area contributed by atoms with Gasteiger partial charge in [0.25, 0.3) is 0 Å². The van der Waals surface area contributed by atoms with E-state index in [9.17, 15) is 14.7 Å². The van der Waals surface area contributed by atoms with E-state index in [0.717, 1.165) is 5.56 Å². The third-order valence-electron chi connectivity index (χ3n) is 4.84. The van der Waals surface area contributed by atoms with Crippen molar-refractivity contribution in [3.05, 3.63) is 66.8 Å². The molecule has 33 heavy (non-hydrogen) atoms. The fourth-order valence-electron chi connectivity index (χ4n) is 3.30. The standard InChI is InChI=1S/C21H22N8O4/c22-6-7-28-13-26-18-19(28)23-11-24-20(18)29-9-16(25-12-29)15(8-17(30)31)27-21(32)33-10-14-4-2-1-3-5-14/h1-5,9,11-13,15H,6-8,10,22H2,(H,27,32)(H,30,31). The van der Waals surface area contributed by atoms with Gasteiger partial charge in [0.1, 0.15) is 19.3 Å². The minimum absolute atomic E-state index is 0.0608. The first kappa shape index (κ1) is 21.9. The average molecular weight is 450 g/mol. The van der Waals surface area contributed by atoms with Gasteiger partial charge in [-0.05, 0) is 5.56 Å². The number of alkyl carbamates (subject to hydrolysis) is 1. The van der Waals surface area contributed by atoms with E-state index in [1.807, 2.05) is 34.9 Å². The molecule has 0 bridgehead atoms. The van der Waals surface area contributed by atoms with E-state index in [0.29, 0.717) is 35.8 Å². The van der Waals surface area contributed by atoms with Crippen molar-refractivity contribution in [2.75, 3.05) is 6.54 Å². The molecule has 0 saturated carbocycles. The first-order chi connectivity index (χ1) is 16.0. The Morgan fingerprint density at radius 1 is 1.12 bits per heavy atom. The fraction of sp³-hybridized carbons (Fsp3) is 0.238. The molecule has 12 nitrogen and oxygen atoms in total. The van der Waals surface area contributed by atoms with Crippen LogP contribution in [0.3, 0.4) is 0 Å². The fourth-order valence-corrected chi connectivity index (χ4v) is 3.30. The third-order valence-corrected chi connectivity index (χ3v) is 4.84. The van der Waals surface area contributed by atoms with Gasteiger partial charge < -0.3 is 25.5 Å². The lowest BCUT2D eigenvalue weighted by atomic mass is 10.1. The molecule has 170 valence electrons. The first-order valence-electron chi connectivity index (χ1n) is 10.1. The summed E-state index contributed by atoms with van der Waals surface area (Å²) >= 11 is 0. The summed E-state index contributed by atoms with van der Waals surface area (Å²) in [7, 11) is 0. The molecule has 1 unspecified atom stereocenters. The monoisotopic (exact) mass is 450 g/mol. The molecule has 0 aliphatic rings. The van der Waals surface area contributed by atoms with Crippen molar-refractivity contribution in [1.82, 2.24) is 34.4 Å². The molecule has 0 aliphatic heterocycles. The average Bonchev–Trinajstić information content (AvgIpc) is 3.46. The largest absolute Gasteiger partial charge is 0.481 e. The molecule has 0 spiro atoms. The number of ether oxygens (including phenoxy) is 1. The molecule has 0 saturated heterocycles. The summed E-state index contributed by atoms with van der Waals surface area (Å²) in [6.07, 6.45) is 4.98. The van der Waals surface area contributed by atoms with Crippen molar-refractivity contribution in [3.8, 4) is 5.82 Å². The number of hydrogen-bond acceptors (Lipinski definition) is 8. The Morgan fingerprint density at radius 3 is 2.70 bits per heavy atom. The Kier molecular flexibility index (Phi) is 6.55. The maximum absolute atomic E-state index is 12.3. The molecular weight excluding hydrogens is 428 g/mol. The van der Waals surface area contributed by atoms with Crippen LogP contribution >= 0.6 is 0 Å². The number of amides is 1. The minimum atomic E-state index is -1.09. The van der Waals surface area contributed by atoms with Gasteiger partial charge in [-0.2, -0.15) is 0 Å². The molecule has 1 aromatic carbocycles. The summed E-state index contributed by atoms with van der Waals surface area (Å²) in [6, 6.07) is 8.26. The lowest BCUT2D eigenvalue weighted by molar-refractivity contribution is -0.137. The summed E-state index contributed by atoms with van der Waals surface area (Å²) in [5.41, 5.74) is 7.94. The van der Waals surface area contributed by atoms with Gasteiger partial charge in [0.2, 0.25) is 0 Å². The van der Waals surface area contributed by atoms with Crippen molar-refractivity contribution in [2.24, 2.45) is 5.73 Å². The summed E-state index contributed by atoms with van der Waals surface area (Å²) < 4.78 is 8.63. The highest BCUT2D eigenvalue weighted by Crippen LogP contribution is 2.20. The van der Waals surface area contributed by atoms with Crippen LogP contribution in [-0.4, -0.2) is 52.8 Å². The number of hydrogen-bond donors (Lipinski definition) is 3. The number of carbonyl (C=O) groups excluding carboxylic acids is 1. The Labute approximate surface area is 188 Å². The highest BCUT2D eigenvalue weighted by Gasteiger charge is 2.22. The zero-order valence-electron chi connectivity index (χ0n) is 17.5. The molecule has 12 heteroatoms. The van der Waals surface area contributed by atoms with Gasteiger partial charge in [0.05, 0.1) is 24.5 Å². The van der Waals surface area contributed by atoms with Crippen LogP contribution in [0, 0.1) is 0 Å². The zero-order valence-corrected chi connectivity index (χ0v) is 17.5. The van der Waals surface area contributed by atoms with E-state index in [1.165, 1.54) is 12.7 Å². The van der Waals surface area contributed by atoms with E-state index in [1.54, 1.807) is 17.1 Å². The highest BCUT2D eigenvalue weighted by molar-refractivity contribution is 5.78. The van der Waals surface area contributed by atoms with Crippen LogP contribution in [0.15, 0.2) is 55.5 Å². The van der Waals surface area contributed by atoms with E-state index in [4.69, 9.17) is 10.5 Å². The van der Waals surface area contributed by atoms with E-state index < -0.39 is 18.1 Å². The molecule has 3 aromatic heterocycles. The molecule has 0 fully saturated rings. The van der Waals surface area contributed by atoms with Crippen molar-refractivity contribution >= 4 is 23.2 Å². The summed E-state index contributed by atoms with van der Waals surface area (Å²) in [4.78, 5) is 40.9. The molecule has 3 heterocycles. The van der Waals surface area contributed by atoms with Gasteiger partial charge >= 0.3 is 12.1 Å². The van der Waals surface area contributed by atoms with E-state index >= 15 is 0 Å². The van der Waals surface area contributed by atoms with Gasteiger partial charge in [-0.15, -0.1) is 0 Å². The van der Waals surface area contributed by atoms with Gasteiger partial charge in [-0.25, -0.2) is 24.7 Å². The van der Waals surface area contributed by atoms with Gasteiger partial charge in [-0.3, -0.25) is 9.36 Å². The molecule has 4 aromatic rings. The number of aliphatic carboxylic acids is 1. The molecule has 1 amide bonds. The van der Waals surface area contributed by atoms with Crippen LogP contribution in [0.1, 0.15) is 23.7 Å². The number of carboxylic acid groups (broad SMARTS) is 1. The van der Waals surface area contributed by atoms with E-state index in [-0.39, 0.29) is 13.0 Å². The number of nitrogens with one attached hydrogen (secondary N) is 1. The summed E-state index contributed by atoms with van der Waals surface area (Å²) in [6.45, 7) is 1.05. The highest BCUT2D eigenvalue weighted by atomic mass is 16.5. The third kappa shape index (κ3) is 5.13. The molecule has 1 atom stereocenters. The van der Waals surface area contributed by atoms with Crippen molar-refractivity contribution in [2.45, 2.75) is 25.6 Å². The number of nitrogens with zero attached hydrogens (tertiary/aromatic N) is 6.